The molecule has 0 amide bonds. The topological polar surface area (TPSA) is 21.9 Å². The Morgan fingerprint density at radius 2 is 1.77 bits per heavy atom. The second-order valence-corrected chi connectivity index (χ2v) is 10.3. The first kappa shape index (κ1) is 19.2. The molecule has 0 atom stereocenters. The molecule has 0 N–H and O–H groups in total. The molecule has 3 heteroatoms. The Labute approximate surface area is 177 Å². The van der Waals surface area contributed by atoms with Gasteiger partial charge in [-0.1, -0.05) is 32.9 Å². The number of aromatic nitrogens is 2. The van der Waals surface area contributed by atoms with Crippen LogP contribution in [0.25, 0.3) is 43.9 Å². The van der Waals surface area contributed by atoms with Gasteiger partial charge in [-0.05, 0) is 60.7 Å². The number of fused-ring (bicyclic) bond motifs is 3. The van der Waals surface area contributed by atoms with Crippen LogP contribution in [0.4, 0.5) is 0 Å². The van der Waals surface area contributed by atoms with Gasteiger partial charge < -0.3 is 8.98 Å². The van der Waals surface area contributed by atoms with Crippen LogP contribution in [0.5, 0.6) is 0 Å². The van der Waals surface area contributed by atoms with Crippen molar-refractivity contribution in [3.63, 3.8) is 0 Å². The number of hydrogen-bond donors (Lipinski definition) is 0. The zero-order chi connectivity index (χ0) is 21.5. The van der Waals surface area contributed by atoms with E-state index >= 15 is 0 Å². The van der Waals surface area contributed by atoms with E-state index in [1.807, 2.05) is 0 Å². The quantitative estimate of drug-likeness (QED) is 0.177. The van der Waals surface area contributed by atoms with Crippen LogP contribution >= 0.6 is 0 Å². The summed E-state index contributed by atoms with van der Waals surface area (Å²) in [4.78, 5) is 0. The smallest absolute Gasteiger partial charge is 0.236 e. The lowest BCUT2D eigenvalue weighted by Gasteiger charge is -2.22. The fourth-order valence-corrected chi connectivity index (χ4v) is 5.14. The Kier molecular flexibility index (Phi) is 3.90. The van der Waals surface area contributed by atoms with Crippen molar-refractivity contribution in [2.24, 2.45) is 19.5 Å². The second-order valence-electron chi connectivity index (χ2n) is 10.3. The summed E-state index contributed by atoms with van der Waals surface area (Å²) in [6, 6.07) is 9.00. The molecule has 0 aliphatic carbocycles. The van der Waals surface area contributed by atoms with Crippen LogP contribution in [0, 0.1) is 26.2 Å². The normalized spacial score (nSPS) is 12.8. The highest BCUT2D eigenvalue weighted by Crippen LogP contribution is 2.41. The molecule has 0 unspecified atom stereocenters. The van der Waals surface area contributed by atoms with Crippen LogP contribution in [-0.4, -0.2) is 4.57 Å². The average Bonchev–Trinajstić information content (AvgIpc) is 3.03. The van der Waals surface area contributed by atoms with Crippen molar-refractivity contribution in [2.45, 2.75) is 48.0 Å². The third-order valence-electron chi connectivity index (χ3n) is 6.54. The highest BCUT2D eigenvalue weighted by molar-refractivity contribution is 6.20. The van der Waals surface area contributed by atoms with Gasteiger partial charge in [-0.2, -0.15) is 4.57 Å². The minimum absolute atomic E-state index is 0.151. The summed E-state index contributed by atoms with van der Waals surface area (Å²) in [6.45, 7) is 13.5. The van der Waals surface area contributed by atoms with Crippen molar-refractivity contribution in [1.29, 1.82) is 0 Å². The van der Waals surface area contributed by atoms with Gasteiger partial charge in [-0.25, -0.2) is 0 Å². The lowest BCUT2D eigenvalue weighted by molar-refractivity contribution is -0.642. The van der Waals surface area contributed by atoms with Crippen molar-refractivity contribution in [1.82, 2.24) is 4.57 Å². The van der Waals surface area contributed by atoms with E-state index in [4.69, 9.17) is 4.42 Å². The molecule has 5 aromatic rings. The molecule has 0 saturated carbocycles. The third-order valence-corrected chi connectivity index (χ3v) is 6.54. The number of nitrogens with zero attached hydrogens (tertiary/aromatic N) is 2. The Hall–Kier alpha value is -2.81. The van der Waals surface area contributed by atoms with Crippen LogP contribution in [0.3, 0.4) is 0 Å². The van der Waals surface area contributed by atoms with Gasteiger partial charge in [0.1, 0.15) is 18.1 Å². The Morgan fingerprint density at radius 1 is 1.03 bits per heavy atom. The fourth-order valence-electron chi connectivity index (χ4n) is 5.14. The monoisotopic (exact) mass is 399 g/mol. The van der Waals surface area contributed by atoms with Gasteiger partial charge >= 0.3 is 0 Å². The predicted molar refractivity (Wildman–Crippen MR) is 126 cm³/mol. The molecule has 0 radical (unpaired) electrons. The molecule has 0 spiro atoms. The van der Waals surface area contributed by atoms with Crippen LogP contribution in [0.2, 0.25) is 0 Å². The Balaban J connectivity index is 2.15. The second kappa shape index (κ2) is 6.10. The molecule has 2 aromatic carbocycles. The summed E-state index contributed by atoms with van der Waals surface area (Å²) in [5, 5.41) is 3.83. The maximum atomic E-state index is 6.78. The SMILES string of the molecule is Cc1cc2cc(C)c(C)c3c2c(c1)oc1c(CC(C)(C)C)c2c(cc[n+]2C)n(C)c13. The fraction of sp³-hybridized carbons (Fsp3) is 0.370. The van der Waals surface area contributed by atoms with E-state index in [1.165, 1.54) is 55.0 Å². The Bertz CT molecular complexity index is 1490. The van der Waals surface area contributed by atoms with E-state index in [-0.39, 0.29) is 5.41 Å². The van der Waals surface area contributed by atoms with Gasteiger partial charge in [0.05, 0.1) is 11.1 Å². The van der Waals surface area contributed by atoms with Crippen molar-refractivity contribution in [2.75, 3.05) is 0 Å². The molecule has 30 heavy (non-hydrogen) atoms. The van der Waals surface area contributed by atoms with E-state index in [9.17, 15) is 0 Å². The maximum absolute atomic E-state index is 6.78. The maximum Gasteiger partial charge on any atom is 0.236 e. The first-order valence-corrected chi connectivity index (χ1v) is 10.8. The molecule has 5 rings (SSSR count). The van der Waals surface area contributed by atoms with Gasteiger partial charge in [0.25, 0.3) is 0 Å². The summed E-state index contributed by atoms with van der Waals surface area (Å²) in [5.41, 5.74) is 11.1. The highest BCUT2D eigenvalue weighted by Gasteiger charge is 2.27. The van der Waals surface area contributed by atoms with E-state index in [0.29, 0.717) is 0 Å². The number of aryl methyl sites for hydroxylation is 5. The predicted octanol–water partition coefficient (Wildman–Crippen LogP) is 6.57. The van der Waals surface area contributed by atoms with Crippen LogP contribution in [0.1, 0.15) is 43.0 Å². The van der Waals surface area contributed by atoms with E-state index in [0.717, 1.165) is 17.6 Å². The molecule has 3 aromatic heterocycles. The third kappa shape index (κ3) is 2.61. The van der Waals surface area contributed by atoms with Gasteiger partial charge in [-0.3, -0.25) is 0 Å². The van der Waals surface area contributed by atoms with Crippen LogP contribution in [-0.2, 0) is 20.5 Å². The van der Waals surface area contributed by atoms with Crippen molar-refractivity contribution in [3.8, 4) is 0 Å². The van der Waals surface area contributed by atoms with E-state index in [2.05, 4.69) is 95.2 Å². The number of pyridine rings is 1. The molecule has 0 fully saturated rings. The van der Waals surface area contributed by atoms with Gasteiger partial charge in [0.2, 0.25) is 5.52 Å². The van der Waals surface area contributed by atoms with E-state index in [1.54, 1.807) is 0 Å². The Morgan fingerprint density at radius 3 is 2.47 bits per heavy atom. The van der Waals surface area contributed by atoms with Crippen molar-refractivity contribution < 1.29 is 8.98 Å². The molecule has 3 heterocycles. The molecular weight excluding hydrogens is 368 g/mol. The van der Waals surface area contributed by atoms with Crippen LogP contribution < -0.4 is 4.57 Å². The molecule has 0 aliphatic rings. The number of rotatable bonds is 1. The summed E-state index contributed by atoms with van der Waals surface area (Å²) in [5.74, 6) is 0. The summed E-state index contributed by atoms with van der Waals surface area (Å²) < 4.78 is 11.4. The summed E-state index contributed by atoms with van der Waals surface area (Å²) >= 11 is 0. The van der Waals surface area contributed by atoms with E-state index < -0.39 is 0 Å². The van der Waals surface area contributed by atoms with Crippen molar-refractivity contribution >= 4 is 43.9 Å². The van der Waals surface area contributed by atoms with Gasteiger partial charge in [-0.15, -0.1) is 0 Å². The molecule has 0 bridgehead atoms. The van der Waals surface area contributed by atoms with Gasteiger partial charge in [0, 0.05) is 23.9 Å². The number of benzene rings is 2. The average molecular weight is 400 g/mol. The zero-order valence-corrected chi connectivity index (χ0v) is 19.4. The molecule has 0 aliphatic heterocycles. The van der Waals surface area contributed by atoms with Gasteiger partial charge in [0.15, 0.2) is 11.8 Å². The molecule has 154 valence electrons. The van der Waals surface area contributed by atoms with Crippen molar-refractivity contribution in [3.05, 3.63) is 52.7 Å². The minimum Gasteiger partial charge on any atom is -0.454 e. The lowest BCUT2D eigenvalue weighted by atomic mass is 9.86. The first-order chi connectivity index (χ1) is 14.1. The minimum atomic E-state index is 0.151. The largest absolute Gasteiger partial charge is 0.454 e. The standard InChI is InChI=1S/C27H31N2O/c1-15-11-18-13-16(2)17(3)22-23(18)21(12-15)30-26-19(14-27(4,5)6)24-20(9-10-28(24)7)29(8)25(22)26/h9-13H,14H2,1-8H3/q+1. The lowest BCUT2D eigenvalue weighted by Crippen LogP contribution is -2.27. The molecule has 3 nitrogen and oxygen atoms in total. The molecule has 0 saturated heterocycles. The molecular formula is C27H31N2O+. The first-order valence-electron chi connectivity index (χ1n) is 10.8. The zero-order valence-electron chi connectivity index (χ0n) is 19.4. The highest BCUT2D eigenvalue weighted by atomic mass is 16.3. The summed E-state index contributed by atoms with van der Waals surface area (Å²) in [7, 11) is 4.32. The van der Waals surface area contributed by atoms with Crippen LogP contribution in [0.15, 0.2) is 34.9 Å². The number of hydrogen-bond acceptors (Lipinski definition) is 1. The summed E-state index contributed by atoms with van der Waals surface area (Å²) in [6.07, 6.45) is 3.12.